The van der Waals surface area contributed by atoms with Gasteiger partial charge in [0.15, 0.2) is 0 Å². The summed E-state index contributed by atoms with van der Waals surface area (Å²) in [4.78, 5) is 0.146. The van der Waals surface area contributed by atoms with Crippen molar-refractivity contribution in [1.82, 2.24) is 4.72 Å². The van der Waals surface area contributed by atoms with Gasteiger partial charge in [-0.2, -0.15) is 0 Å². The Morgan fingerprint density at radius 3 is 1.97 bits per heavy atom. The predicted octanol–water partition coefficient (Wildman–Crippen LogP) is 5.36. The molecule has 0 saturated heterocycles. The predicted molar refractivity (Wildman–Crippen MR) is 148 cm³/mol. The molecule has 0 fully saturated rings. The Bertz CT molecular complexity index is 1480. The van der Waals surface area contributed by atoms with Crippen LogP contribution in [-0.4, -0.2) is 21.6 Å². The molecule has 8 heteroatoms. The van der Waals surface area contributed by atoms with Crippen molar-refractivity contribution in [3.63, 3.8) is 0 Å². The van der Waals surface area contributed by atoms with E-state index in [1.807, 2.05) is 43.3 Å². The minimum Gasteiger partial charge on any atom is -0.496 e. The summed E-state index contributed by atoms with van der Waals surface area (Å²) in [5, 5.41) is 0.882. The van der Waals surface area contributed by atoms with E-state index in [1.165, 1.54) is 7.11 Å². The van der Waals surface area contributed by atoms with Crippen LogP contribution in [0.15, 0.2) is 114 Å². The molecule has 1 N–H and O–H groups in total. The van der Waals surface area contributed by atoms with Gasteiger partial charge in [0.05, 0.1) is 23.4 Å². The quantitative estimate of drug-likeness (QED) is 0.277. The van der Waals surface area contributed by atoms with E-state index in [4.69, 9.17) is 9.26 Å². The fourth-order valence-electron chi connectivity index (χ4n) is 4.09. The van der Waals surface area contributed by atoms with Crippen LogP contribution in [0.25, 0.3) is 0 Å². The summed E-state index contributed by atoms with van der Waals surface area (Å²) in [6.07, 6.45) is -0.877. The molecule has 0 aromatic heterocycles. The Hall–Kier alpha value is -3.22. The first kappa shape index (κ1) is 26.8. The smallest absolute Gasteiger partial charge is 0.265 e. The molecule has 0 saturated carbocycles. The number of hydrogen-bond acceptors (Lipinski definition) is 5. The molecule has 37 heavy (non-hydrogen) atoms. The van der Waals surface area contributed by atoms with Crippen LogP contribution in [0, 0.1) is 6.92 Å². The molecule has 0 radical (unpaired) electrons. The summed E-state index contributed by atoms with van der Waals surface area (Å²) in [6, 6.07) is 31.0. The maximum atomic E-state index is 14.9. The largest absolute Gasteiger partial charge is 0.496 e. The molecule has 192 valence electrons. The number of rotatable bonds is 10. The minimum atomic E-state index is -3.87. The summed E-state index contributed by atoms with van der Waals surface area (Å²) in [7, 11) is -6.11. The first-order valence-corrected chi connectivity index (χ1v) is 15.0. The standard InChI is InChI=1S/C29H30NO5PS/c1-22-18-20-26(21-19-22)37(32,33)30-23(2)29(24-12-6-4-7-13-24)35-36(31,25-14-8-5-9-15-25)28-17-11-10-16-27(28)34-3/h4-21,23,29-30H,1-3H3/t23-,29+,36?/m1/s1. The van der Waals surface area contributed by atoms with E-state index >= 15 is 0 Å². The van der Waals surface area contributed by atoms with Crippen molar-refractivity contribution in [2.45, 2.75) is 30.9 Å². The fourth-order valence-corrected chi connectivity index (χ4v) is 7.77. The van der Waals surface area contributed by atoms with Gasteiger partial charge in [0, 0.05) is 5.30 Å². The SMILES string of the molecule is COc1ccccc1P(=O)(O[C@H](c1ccccc1)[C@@H](C)NS(=O)(=O)c1ccc(C)cc1)c1ccccc1. The van der Waals surface area contributed by atoms with Crippen molar-refractivity contribution >= 4 is 28.0 Å². The van der Waals surface area contributed by atoms with Crippen LogP contribution in [-0.2, 0) is 19.1 Å². The summed E-state index contributed by atoms with van der Waals surface area (Å²) >= 11 is 0. The van der Waals surface area contributed by atoms with Crippen LogP contribution >= 0.6 is 7.37 Å². The first-order valence-electron chi connectivity index (χ1n) is 11.9. The summed E-state index contributed by atoms with van der Waals surface area (Å²) < 4.78 is 56.2. The van der Waals surface area contributed by atoms with E-state index in [2.05, 4.69) is 4.72 Å². The van der Waals surface area contributed by atoms with Gasteiger partial charge in [-0.15, -0.1) is 0 Å². The van der Waals surface area contributed by atoms with Crippen molar-refractivity contribution in [1.29, 1.82) is 0 Å². The third kappa shape index (κ3) is 6.03. The highest BCUT2D eigenvalue weighted by molar-refractivity contribution is 7.89. The fraction of sp³-hybridized carbons (Fsp3) is 0.172. The van der Waals surface area contributed by atoms with Crippen molar-refractivity contribution in [3.05, 3.63) is 120 Å². The number of para-hydroxylation sites is 1. The van der Waals surface area contributed by atoms with Crippen LogP contribution < -0.4 is 20.1 Å². The maximum absolute atomic E-state index is 14.9. The van der Waals surface area contributed by atoms with Crippen LogP contribution in [0.5, 0.6) is 5.75 Å². The second kappa shape index (κ2) is 11.4. The molecular weight excluding hydrogens is 505 g/mol. The van der Waals surface area contributed by atoms with Crippen LogP contribution in [0.3, 0.4) is 0 Å². The Kier molecular flexibility index (Phi) is 8.30. The lowest BCUT2D eigenvalue weighted by molar-refractivity contribution is 0.183. The average molecular weight is 536 g/mol. The van der Waals surface area contributed by atoms with Crippen LogP contribution in [0.2, 0.25) is 0 Å². The average Bonchev–Trinajstić information content (AvgIpc) is 2.92. The molecule has 3 atom stereocenters. The highest BCUT2D eigenvalue weighted by Crippen LogP contribution is 2.51. The van der Waals surface area contributed by atoms with Gasteiger partial charge in [-0.3, -0.25) is 4.57 Å². The van der Waals surface area contributed by atoms with Crippen LogP contribution in [0.4, 0.5) is 0 Å². The van der Waals surface area contributed by atoms with Crippen molar-refractivity contribution in [3.8, 4) is 5.75 Å². The second-order valence-corrected chi connectivity index (χ2v) is 12.7. The van der Waals surface area contributed by atoms with Gasteiger partial charge in [0.2, 0.25) is 10.0 Å². The highest BCUT2D eigenvalue weighted by Gasteiger charge is 2.38. The number of benzene rings is 4. The molecule has 0 aliphatic carbocycles. The topological polar surface area (TPSA) is 81.7 Å². The Morgan fingerprint density at radius 1 is 0.784 bits per heavy atom. The molecule has 0 amide bonds. The van der Waals surface area contributed by atoms with E-state index in [0.29, 0.717) is 21.9 Å². The summed E-state index contributed by atoms with van der Waals surface area (Å²) in [5.74, 6) is 0.425. The molecule has 0 heterocycles. The molecule has 4 aromatic rings. The van der Waals surface area contributed by atoms with E-state index in [1.54, 1.807) is 79.7 Å². The summed E-state index contributed by atoms with van der Waals surface area (Å²) in [6.45, 7) is 3.60. The van der Waals surface area contributed by atoms with Gasteiger partial charge in [0.1, 0.15) is 11.9 Å². The zero-order valence-electron chi connectivity index (χ0n) is 20.9. The number of sulfonamides is 1. The maximum Gasteiger partial charge on any atom is 0.265 e. The highest BCUT2D eigenvalue weighted by atomic mass is 32.2. The number of aryl methyl sites for hydroxylation is 1. The summed E-state index contributed by atoms with van der Waals surface area (Å²) in [5.41, 5.74) is 1.64. The molecule has 0 aliphatic rings. The zero-order valence-corrected chi connectivity index (χ0v) is 22.7. The normalized spacial score (nSPS) is 14.9. The lowest BCUT2D eigenvalue weighted by atomic mass is 10.0. The Labute approximate surface area is 218 Å². The van der Waals surface area contributed by atoms with Gasteiger partial charge in [-0.25, -0.2) is 13.1 Å². The van der Waals surface area contributed by atoms with Gasteiger partial charge in [-0.05, 0) is 55.8 Å². The molecule has 0 bridgehead atoms. The number of methoxy groups -OCH3 is 1. The third-order valence-corrected chi connectivity index (χ3v) is 10.1. The molecule has 6 nitrogen and oxygen atoms in total. The number of ether oxygens (including phenoxy) is 1. The van der Waals surface area contributed by atoms with E-state index in [0.717, 1.165) is 5.56 Å². The molecule has 0 aliphatic heterocycles. The lowest BCUT2D eigenvalue weighted by Crippen LogP contribution is -2.38. The second-order valence-electron chi connectivity index (χ2n) is 8.72. The molecular formula is C29H30NO5PS. The van der Waals surface area contributed by atoms with Gasteiger partial charge in [0.25, 0.3) is 7.37 Å². The minimum absolute atomic E-state index is 0.146. The molecule has 0 spiro atoms. The zero-order chi connectivity index (χ0) is 26.5. The van der Waals surface area contributed by atoms with Crippen molar-refractivity contribution in [2.75, 3.05) is 7.11 Å². The van der Waals surface area contributed by atoms with Gasteiger partial charge in [-0.1, -0.05) is 78.4 Å². The van der Waals surface area contributed by atoms with Gasteiger partial charge >= 0.3 is 0 Å². The first-order chi connectivity index (χ1) is 17.7. The Morgan fingerprint density at radius 2 is 1.35 bits per heavy atom. The van der Waals surface area contributed by atoms with Crippen molar-refractivity contribution in [2.24, 2.45) is 0 Å². The third-order valence-electron chi connectivity index (χ3n) is 6.01. The molecule has 1 unspecified atom stereocenters. The van der Waals surface area contributed by atoms with Crippen LogP contribution in [0.1, 0.15) is 24.2 Å². The monoisotopic (exact) mass is 535 g/mol. The molecule has 4 rings (SSSR count). The van der Waals surface area contributed by atoms with E-state index in [-0.39, 0.29) is 4.90 Å². The van der Waals surface area contributed by atoms with E-state index < -0.39 is 29.5 Å². The Balaban J connectivity index is 1.79. The lowest BCUT2D eigenvalue weighted by Gasteiger charge is -2.31. The number of hydrogen-bond donors (Lipinski definition) is 1. The van der Waals surface area contributed by atoms with Crippen molar-refractivity contribution < 1.29 is 22.2 Å². The van der Waals surface area contributed by atoms with Gasteiger partial charge < -0.3 is 9.26 Å². The number of nitrogens with one attached hydrogen (secondary N) is 1. The van der Waals surface area contributed by atoms with E-state index in [9.17, 15) is 13.0 Å². The molecule has 4 aromatic carbocycles.